The number of carbonyl (C=O) groups excluding carboxylic acids is 1. The summed E-state index contributed by atoms with van der Waals surface area (Å²) in [5.41, 5.74) is 2.10. The highest BCUT2D eigenvalue weighted by atomic mass is 35.5. The number of hydrogen-bond acceptors (Lipinski definition) is 4. The van der Waals surface area contributed by atoms with Crippen LogP contribution in [0.5, 0.6) is 5.75 Å². The Kier molecular flexibility index (Phi) is 4.90. The fourth-order valence-corrected chi connectivity index (χ4v) is 1.96. The summed E-state index contributed by atoms with van der Waals surface area (Å²) in [6.07, 6.45) is -0.528. The molecule has 0 fully saturated rings. The third kappa shape index (κ3) is 4.29. The number of aromatic hydroxyl groups is 1. The van der Waals surface area contributed by atoms with Gasteiger partial charge in [0, 0.05) is 28.5 Å². The summed E-state index contributed by atoms with van der Waals surface area (Å²) in [5, 5.41) is 16.0. The zero-order valence-electron chi connectivity index (χ0n) is 11.4. The number of amides is 1. The minimum atomic E-state index is -0.528. The molecule has 3 N–H and O–H groups in total. The average molecular weight is 307 g/mol. The fraction of sp³-hybridized carbons (Fsp3) is 0.133. The molecular weight excluding hydrogens is 292 g/mol. The molecular formula is C15H15ClN2O3. The molecule has 21 heavy (non-hydrogen) atoms. The largest absolute Gasteiger partial charge is 0.508 e. The lowest BCUT2D eigenvalue weighted by atomic mass is 10.2. The lowest BCUT2D eigenvalue weighted by Crippen LogP contribution is -2.11. The number of halogens is 1. The average Bonchev–Trinajstić information content (AvgIpc) is 2.48. The van der Waals surface area contributed by atoms with Crippen molar-refractivity contribution < 1.29 is 14.6 Å². The maximum Gasteiger partial charge on any atom is 0.411 e. The molecule has 2 rings (SSSR count). The van der Waals surface area contributed by atoms with Crippen LogP contribution in [-0.2, 0) is 11.3 Å². The first kappa shape index (κ1) is 15.0. The molecule has 2 aromatic rings. The van der Waals surface area contributed by atoms with Crippen LogP contribution in [0.15, 0.2) is 42.5 Å². The second-order valence-electron chi connectivity index (χ2n) is 4.32. The summed E-state index contributed by atoms with van der Waals surface area (Å²) in [4.78, 5) is 11.2. The van der Waals surface area contributed by atoms with Crippen LogP contribution < -0.4 is 10.6 Å². The number of nitrogens with one attached hydrogen (secondary N) is 2. The van der Waals surface area contributed by atoms with E-state index < -0.39 is 6.09 Å². The highest BCUT2D eigenvalue weighted by Crippen LogP contribution is 2.23. The number of ether oxygens (including phenoxy) is 1. The first-order valence-corrected chi connectivity index (χ1v) is 6.62. The van der Waals surface area contributed by atoms with Crippen molar-refractivity contribution in [3.63, 3.8) is 0 Å². The van der Waals surface area contributed by atoms with Crippen molar-refractivity contribution in [2.45, 2.75) is 6.54 Å². The maximum atomic E-state index is 11.2. The van der Waals surface area contributed by atoms with Crippen molar-refractivity contribution >= 4 is 29.1 Å². The Morgan fingerprint density at radius 3 is 2.76 bits per heavy atom. The van der Waals surface area contributed by atoms with Gasteiger partial charge in [-0.1, -0.05) is 17.7 Å². The van der Waals surface area contributed by atoms with Crippen molar-refractivity contribution in [1.82, 2.24) is 0 Å². The van der Waals surface area contributed by atoms with E-state index >= 15 is 0 Å². The van der Waals surface area contributed by atoms with E-state index in [0.717, 1.165) is 5.69 Å². The second-order valence-corrected chi connectivity index (χ2v) is 4.76. The van der Waals surface area contributed by atoms with Crippen LogP contribution in [-0.4, -0.2) is 18.3 Å². The number of phenols is 1. The van der Waals surface area contributed by atoms with Gasteiger partial charge in [-0.3, -0.25) is 5.32 Å². The van der Waals surface area contributed by atoms with Crippen LogP contribution >= 0.6 is 11.6 Å². The molecule has 5 nitrogen and oxygen atoms in total. The van der Waals surface area contributed by atoms with Gasteiger partial charge < -0.3 is 15.2 Å². The highest BCUT2D eigenvalue weighted by molar-refractivity contribution is 6.30. The number of benzene rings is 2. The van der Waals surface area contributed by atoms with Crippen LogP contribution in [0.1, 0.15) is 5.56 Å². The van der Waals surface area contributed by atoms with Crippen LogP contribution in [0.4, 0.5) is 16.2 Å². The van der Waals surface area contributed by atoms with Gasteiger partial charge >= 0.3 is 6.09 Å². The number of anilines is 2. The summed E-state index contributed by atoms with van der Waals surface area (Å²) in [7, 11) is 1.30. The third-order valence-corrected chi connectivity index (χ3v) is 3.05. The topological polar surface area (TPSA) is 70.6 Å². The second kappa shape index (κ2) is 6.85. The number of hydrogen-bond donors (Lipinski definition) is 3. The van der Waals surface area contributed by atoms with E-state index in [1.165, 1.54) is 7.11 Å². The zero-order chi connectivity index (χ0) is 15.2. The molecule has 0 atom stereocenters. The Morgan fingerprint density at radius 2 is 2.00 bits per heavy atom. The molecule has 0 saturated heterocycles. The lowest BCUT2D eigenvalue weighted by molar-refractivity contribution is 0.187. The van der Waals surface area contributed by atoms with Crippen molar-refractivity contribution in [3.05, 3.63) is 53.1 Å². The Hall–Kier alpha value is -2.40. The molecule has 0 saturated carbocycles. The predicted octanol–water partition coefficient (Wildman–Crippen LogP) is 3.84. The van der Waals surface area contributed by atoms with Gasteiger partial charge in [-0.2, -0.15) is 0 Å². The van der Waals surface area contributed by atoms with Crippen molar-refractivity contribution in [1.29, 1.82) is 0 Å². The van der Waals surface area contributed by atoms with E-state index in [9.17, 15) is 9.90 Å². The van der Waals surface area contributed by atoms with Crippen molar-refractivity contribution in [2.75, 3.05) is 17.7 Å². The van der Waals surface area contributed by atoms with Gasteiger partial charge in [0.25, 0.3) is 0 Å². The van der Waals surface area contributed by atoms with Gasteiger partial charge in [0.05, 0.1) is 7.11 Å². The van der Waals surface area contributed by atoms with Crippen LogP contribution in [0.25, 0.3) is 0 Å². The molecule has 2 aromatic carbocycles. The molecule has 0 radical (unpaired) electrons. The molecule has 0 aliphatic carbocycles. The molecule has 0 spiro atoms. The Morgan fingerprint density at radius 1 is 1.24 bits per heavy atom. The van der Waals surface area contributed by atoms with Gasteiger partial charge in [0.2, 0.25) is 0 Å². The third-order valence-electron chi connectivity index (χ3n) is 2.82. The Balaban J connectivity index is 2.04. The SMILES string of the molecule is COC(=O)Nc1cccc(NCc2cc(Cl)ccc2O)c1. The van der Waals surface area contributed by atoms with Gasteiger partial charge in [0.15, 0.2) is 0 Å². The minimum Gasteiger partial charge on any atom is -0.508 e. The Labute approximate surface area is 127 Å². The van der Waals surface area contributed by atoms with Crippen molar-refractivity contribution in [3.8, 4) is 5.75 Å². The highest BCUT2D eigenvalue weighted by Gasteiger charge is 2.04. The molecule has 6 heteroatoms. The standard InChI is InChI=1S/C15H15ClN2O3/c1-21-15(20)18-13-4-2-3-12(8-13)17-9-10-7-11(16)5-6-14(10)19/h2-8,17,19H,9H2,1H3,(H,18,20). The van der Waals surface area contributed by atoms with Crippen LogP contribution in [0.2, 0.25) is 5.02 Å². The van der Waals surface area contributed by atoms with E-state index in [1.807, 2.05) is 6.07 Å². The minimum absolute atomic E-state index is 0.177. The monoisotopic (exact) mass is 306 g/mol. The molecule has 0 bridgehead atoms. The summed E-state index contributed by atoms with van der Waals surface area (Å²) in [5.74, 6) is 0.177. The van der Waals surface area contributed by atoms with Gasteiger partial charge in [-0.05, 0) is 36.4 Å². The summed E-state index contributed by atoms with van der Waals surface area (Å²) < 4.78 is 4.53. The number of methoxy groups -OCH3 is 1. The molecule has 1 amide bonds. The summed E-state index contributed by atoms with van der Waals surface area (Å²) in [6.45, 7) is 0.411. The van der Waals surface area contributed by atoms with Crippen LogP contribution in [0, 0.1) is 0 Å². The summed E-state index contributed by atoms with van der Waals surface area (Å²) in [6, 6.07) is 12.0. The van der Waals surface area contributed by atoms with Gasteiger partial charge in [-0.25, -0.2) is 4.79 Å². The van der Waals surface area contributed by atoms with Gasteiger partial charge in [-0.15, -0.1) is 0 Å². The van der Waals surface area contributed by atoms with E-state index in [-0.39, 0.29) is 5.75 Å². The van der Waals surface area contributed by atoms with E-state index in [2.05, 4.69) is 15.4 Å². The zero-order valence-corrected chi connectivity index (χ0v) is 12.1. The molecule has 0 unspecified atom stereocenters. The maximum absolute atomic E-state index is 11.2. The molecule has 0 heterocycles. The molecule has 110 valence electrons. The molecule has 0 aliphatic rings. The lowest BCUT2D eigenvalue weighted by Gasteiger charge is -2.10. The Bertz CT molecular complexity index is 647. The number of carbonyl (C=O) groups is 1. The van der Waals surface area contributed by atoms with Crippen molar-refractivity contribution in [2.24, 2.45) is 0 Å². The van der Waals surface area contributed by atoms with Crippen LogP contribution in [0.3, 0.4) is 0 Å². The van der Waals surface area contributed by atoms with E-state index in [0.29, 0.717) is 22.8 Å². The van der Waals surface area contributed by atoms with E-state index in [4.69, 9.17) is 11.6 Å². The fourth-order valence-electron chi connectivity index (χ4n) is 1.77. The predicted molar refractivity (Wildman–Crippen MR) is 82.9 cm³/mol. The molecule has 0 aromatic heterocycles. The smallest absolute Gasteiger partial charge is 0.411 e. The first-order chi connectivity index (χ1) is 10.1. The normalized spacial score (nSPS) is 10.0. The molecule has 0 aliphatic heterocycles. The number of phenolic OH excluding ortho intramolecular Hbond substituents is 1. The summed E-state index contributed by atoms with van der Waals surface area (Å²) >= 11 is 5.90. The van der Waals surface area contributed by atoms with E-state index in [1.54, 1.807) is 36.4 Å². The number of rotatable bonds is 4. The first-order valence-electron chi connectivity index (χ1n) is 6.25. The van der Waals surface area contributed by atoms with Gasteiger partial charge in [0.1, 0.15) is 5.75 Å². The quantitative estimate of drug-likeness (QED) is 0.802.